The second-order valence-corrected chi connectivity index (χ2v) is 6.82. The highest BCUT2D eigenvalue weighted by Gasteiger charge is 2.23. The molecule has 4 nitrogen and oxygen atoms in total. The average molecular weight is 281 g/mol. The third kappa shape index (κ3) is 4.97. The van der Waals surface area contributed by atoms with Crippen molar-refractivity contribution in [3.8, 4) is 0 Å². The van der Waals surface area contributed by atoms with Crippen molar-refractivity contribution in [1.29, 1.82) is 0 Å². The Balaban J connectivity index is 1.71. The molecule has 1 saturated heterocycles. The molecule has 0 aromatic carbocycles. The molecule has 1 aliphatic heterocycles. The molecule has 0 unspecified atom stereocenters. The zero-order chi connectivity index (χ0) is 14.4. The van der Waals surface area contributed by atoms with Crippen LogP contribution in [0.3, 0.4) is 0 Å². The minimum Gasteiger partial charge on any atom is -0.335 e. The van der Waals surface area contributed by atoms with Gasteiger partial charge in [-0.2, -0.15) is 0 Å². The van der Waals surface area contributed by atoms with Crippen LogP contribution in [-0.2, 0) is 0 Å². The molecule has 0 aromatic heterocycles. The van der Waals surface area contributed by atoms with Crippen LogP contribution in [0.1, 0.15) is 52.4 Å². The van der Waals surface area contributed by atoms with Crippen molar-refractivity contribution < 1.29 is 4.79 Å². The summed E-state index contributed by atoms with van der Waals surface area (Å²) in [4.78, 5) is 16.8. The number of hydrogen-bond acceptors (Lipinski definition) is 2. The fourth-order valence-electron chi connectivity index (χ4n) is 3.34. The van der Waals surface area contributed by atoms with Gasteiger partial charge in [0.1, 0.15) is 0 Å². The minimum atomic E-state index is 0.168. The summed E-state index contributed by atoms with van der Waals surface area (Å²) in [6.07, 6.45) is 7.54. The van der Waals surface area contributed by atoms with E-state index in [1.165, 1.54) is 38.5 Å². The maximum Gasteiger partial charge on any atom is 0.317 e. The quantitative estimate of drug-likeness (QED) is 0.807. The third-order valence-corrected chi connectivity index (χ3v) is 4.47. The molecule has 1 N–H and O–H groups in total. The van der Waals surface area contributed by atoms with Gasteiger partial charge in [-0.15, -0.1) is 0 Å². The van der Waals surface area contributed by atoms with E-state index in [2.05, 4.69) is 24.1 Å². The molecule has 2 fully saturated rings. The number of amides is 2. The van der Waals surface area contributed by atoms with E-state index in [0.717, 1.165) is 32.7 Å². The van der Waals surface area contributed by atoms with Gasteiger partial charge in [0.2, 0.25) is 0 Å². The summed E-state index contributed by atoms with van der Waals surface area (Å²) >= 11 is 0. The highest BCUT2D eigenvalue weighted by Crippen LogP contribution is 2.17. The number of carbonyl (C=O) groups is 1. The van der Waals surface area contributed by atoms with Gasteiger partial charge in [-0.05, 0) is 18.8 Å². The average Bonchev–Trinajstić information content (AvgIpc) is 2.67. The summed E-state index contributed by atoms with van der Waals surface area (Å²) in [6, 6.07) is 0.583. The summed E-state index contributed by atoms with van der Waals surface area (Å²) < 4.78 is 0. The van der Waals surface area contributed by atoms with E-state index >= 15 is 0 Å². The standard InChI is InChI=1S/C16H31N3O/c1-14(2)13-18-9-11-19(12-10-18)16(20)17-15-7-5-3-4-6-8-15/h14-15H,3-13H2,1-2H3,(H,17,20). The Bertz CT molecular complexity index is 290. The van der Waals surface area contributed by atoms with Gasteiger partial charge in [0, 0.05) is 38.8 Å². The summed E-state index contributed by atoms with van der Waals surface area (Å²) in [5.74, 6) is 0.710. The minimum absolute atomic E-state index is 0.168. The van der Waals surface area contributed by atoms with Crippen molar-refractivity contribution >= 4 is 6.03 Å². The molecular weight excluding hydrogens is 250 g/mol. The topological polar surface area (TPSA) is 35.6 Å². The maximum absolute atomic E-state index is 12.3. The largest absolute Gasteiger partial charge is 0.335 e. The Morgan fingerprint density at radius 2 is 1.65 bits per heavy atom. The smallest absolute Gasteiger partial charge is 0.317 e. The lowest BCUT2D eigenvalue weighted by atomic mass is 10.1. The SMILES string of the molecule is CC(C)CN1CCN(C(=O)NC2CCCCCC2)CC1. The molecule has 0 radical (unpaired) electrons. The lowest BCUT2D eigenvalue weighted by molar-refractivity contribution is 0.129. The monoisotopic (exact) mass is 281 g/mol. The Hall–Kier alpha value is -0.770. The van der Waals surface area contributed by atoms with Crippen LogP contribution in [0, 0.1) is 5.92 Å². The fraction of sp³-hybridized carbons (Fsp3) is 0.938. The molecular formula is C16H31N3O. The summed E-state index contributed by atoms with van der Waals surface area (Å²) in [7, 11) is 0. The number of nitrogens with zero attached hydrogens (tertiary/aromatic N) is 2. The first-order valence-electron chi connectivity index (χ1n) is 8.43. The van der Waals surface area contributed by atoms with Crippen molar-refractivity contribution in [2.24, 2.45) is 5.92 Å². The van der Waals surface area contributed by atoms with Gasteiger partial charge in [-0.3, -0.25) is 4.90 Å². The highest BCUT2D eigenvalue weighted by molar-refractivity contribution is 5.74. The van der Waals surface area contributed by atoms with Crippen LogP contribution in [0.5, 0.6) is 0 Å². The molecule has 4 heteroatoms. The number of urea groups is 1. The second-order valence-electron chi connectivity index (χ2n) is 6.82. The predicted octanol–water partition coefficient (Wildman–Crippen LogP) is 2.69. The number of rotatable bonds is 3. The van der Waals surface area contributed by atoms with Crippen LogP contribution >= 0.6 is 0 Å². The zero-order valence-corrected chi connectivity index (χ0v) is 13.2. The number of piperazine rings is 1. The Morgan fingerprint density at radius 3 is 2.20 bits per heavy atom. The predicted molar refractivity (Wildman–Crippen MR) is 82.9 cm³/mol. The van der Waals surface area contributed by atoms with E-state index in [0.29, 0.717) is 12.0 Å². The van der Waals surface area contributed by atoms with Crippen LogP contribution in [0.25, 0.3) is 0 Å². The van der Waals surface area contributed by atoms with Gasteiger partial charge in [-0.25, -0.2) is 4.79 Å². The van der Waals surface area contributed by atoms with Crippen molar-refractivity contribution in [3.63, 3.8) is 0 Å². The van der Waals surface area contributed by atoms with E-state index in [1.54, 1.807) is 0 Å². The highest BCUT2D eigenvalue weighted by atomic mass is 16.2. The fourth-order valence-corrected chi connectivity index (χ4v) is 3.34. The molecule has 1 heterocycles. The Kier molecular flexibility index (Phi) is 6.14. The second kappa shape index (κ2) is 7.87. The van der Waals surface area contributed by atoms with Gasteiger partial charge in [0.05, 0.1) is 0 Å². The van der Waals surface area contributed by atoms with E-state index < -0.39 is 0 Å². The van der Waals surface area contributed by atoms with Gasteiger partial charge < -0.3 is 10.2 Å². The molecule has 1 saturated carbocycles. The number of hydrogen-bond donors (Lipinski definition) is 1. The molecule has 2 rings (SSSR count). The van der Waals surface area contributed by atoms with E-state index in [-0.39, 0.29) is 6.03 Å². The van der Waals surface area contributed by atoms with Gasteiger partial charge in [-0.1, -0.05) is 39.5 Å². The summed E-state index contributed by atoms with van der Waals surface area (Å²) in [5, 5.41) is 3.25. The van der Waals surface area contributed by atoms with Crippen molar-refractivity contribution in [2.45, 2.75) is 58.4 Å². The summed E-state index contributed by atoms with van der Waals surface area (Å²) in [5.41, 5.74) is 0. The maximum atomic E-state index is 12.3. The van der Waals surface area contributed by atoms with Crippen LogP contribution in [-0.4, -0.2) is 54.6 Å². The molecule has 0 spiro atoms. The van der Waals surface area contributed by atoms with Crippen molar-refractivity contribution in [3.05, 3.63) is 0 Å². The van der Waals surface area contributed by atoms with Gasteiger partial charge in [0.15, 0.2) is 0 Å². The van der Waals surface area contributed by atoms with Crippen LogP contribution in [0.4, 0.5) is 4.79 Å². The number of carbonyl (C=O) groups excluding carboxylic acids is 1. The molecule has 20 heavy (non-hydrogen) atoms. The molecule has 2 aliphatic rings. The molecule has 0 atom stereocenters. The van der Waals surface area contributed by atoms with E-state index in [4.69, 9.17) is 0 Å². The lowest BCUT2D eigenvalue weighted by Crippen LogP contribution is -2.53. The Morgan fingerprint density at radius 1 is 1.05 bits per heavy atom. The molecule has 0 aromatic rings. The van der Waals surface area contributed by atoms with Gasteiger partial charge in [0.25, 0.3) is 0 Å². The molecule has 116 valence electrons. The number of nitrogens with one attached hydrogen (secondary N) is 1. The lowest BCUT2D eigenvalue weighted by Gasteiger charge is -2.36. The van der Waals surface area contributed by atoms with Crippen LogP contribution in [0.15, 0.2) is 0 Å². The first-order valence-corrected chi connectivity index (χ1v) is 8.43. The van der Waals surface area contributed by atoms with E-state index in [1.807, 2.05) is 4.90 Å². The van der Waals surface area contributed by atoms with Crippen molar-refractivity contribution in [2.75, 3.05) is 32.7 Å². The summed E-state index contributed by atoms with van der Waals surface area (Å²) in [6.45, 7) is 9.47. The van der Waals surface area contributed by atoms with Gasteiger partial charge >= 0.3 is 6.03 Å². The molecule has 1 aliphatic carbocycles. The first kappa shape index (κ1) is 15.6. The third-order valence-electron chi connectivity index (χ3n) is 4.47. The Labute approximate surface area is 123 Å². The molecule has 0 bridgehead atoms. The van der Waals surface area contributed by atoms with Crippen LogP contribution < -0.4 is 5.32 Å². The van der Waals surface area contributed by atoms with Crippen molar-refractivity contribution in [1.82, 2.24) is 15.1 Å². The zero-order valence-electron chi connectivity index (χ0n) is 13.2. The van der Waals surface area contributed by atoms with E-state index in [9.17, 15) is 4.79 Å². The van der Waals surface area contributed by atoms with Crippen LogP contribution in [0.2, 0.25) is 0 Å². The molecule has 2 amide bonds. The first-order chi connectivity index (χ1) is 9.65. The normalized spacial score (nSPS) is 22.9.